The minimum Gasteiger partial charge on any atom is -0.355 e. The van der Waals surface area contributed by atoms with Crippen LogP contribution in [-0.4, -0.2) is 22.0 Å². The van der Waals surface area contributed by atoms with Crippen LogP contribution in [0, 0.1) is 5.92 Å². The number of para-hydroxylation sites is 2. The van der Waals surface area contributed by atoms with Gasteiger partial charge in [0, 0.05) is 25.4 Å². The highest BCUT2D eigenvalue weighted by molar-refractivity contribution is 5.86. The van der Waals surface area contributed by atoms with E-state index in [2.05, 4.69) is 84.4 Å². The maximum atomic E-state index is 12.4. The first-order valence-electron chi connectivity index (χ1n) is 10.9. The van der Waals surface area contributed by atoms with E-state index in [1.807, 2.05) is 6.07 Å². The largest absolute Gasteiger partial charge is 0.355 e. The molecule has 30 heavy (non-hydrogen) atoms. The quantitative estimate of drug-likeness (QED) is 0.435. The van der Waals surface area contributed by atoms with Gasteiger partial charge < -0.3 is 9.88 Å². The van der Waals surface area contributed by atoms with Gasteiger partial charge in [0.05, 0.1) is 11.0 Å². The molecule has 1 N–H and O–H groups in total. The molecule has 1 amide bonds. The topological polar surface area (TPSA) is 46.9 Å². The van der Waals surface area contributed by atoms with Gasteiger partial charge in [-0.15, -0.1) is 0 Å². The Morgan fingerprint density at radius 1 is 0.967 bits per heavy atom. The van der Waals surface area contributed by atoms with E-state index in [-0.39, 0.29) is 11.8 Å². The normalized spacial score (nSPS) is 11.4. The lowest BCUT2D eigenvalue weighted by Gasteiger charge is -2.14. The highest BCUT2D eigenvalue weighted by Gasteiger charge is 2.15. The summed E-state index contributed by atoms with van der Waals surface area (Å²) in [5.74, 6) is 1.25. The summed E-state index contributed by atoms with van der Waals surface area (Å²) in [5, 5.41) is 5.62. The maximum absolute atomic E-state index is 12.4. The van der Waals surface area contributed by atoms with Gasteiger partial charge in [-0.05, 0) is 41.3 Å². The maximum Gasteiger partial charge on any atom is 0.223 e. The molecule has 0 saturated heterocycles. The zero-order valence-corrected chi connectivity index (χ0v) is 17.8. The number of nitrogens with one attached hydrogen (secondary N) is 1. The van der Waals surface area contributed by atoms with Crippen molar-refractivity contribution in [2.75, 3.05) is 6.54 Å². The number of hydrogen-bond donors (Lipinski definition) is 1. The molecule has 0 atom stereocenters. The van der Waals surface area contributed by atoms with Crippen molar-refractivity contribution in [3.05, 3.63) is 78.1 Å². The zero-order chi connectivity index (χ0) is 20.9. The van der Waals surface area contributed by atoms with Crippen molar-refractivity contribution >= 4 is 27.7 Å². The second-order valence-corrected chi connectivity index (χ2v) is 7.80. The van der Waals surface area contributed by atoms with E-state index < -0.39 is 0 Å². The van der Waals surface area contributed by atoms with Crippen molar-refractivity contribution in [1.82, 2.24) is 14.9 Å². The summed E-state index contributed by atoms with van der Waals surface area (Å²) in [5.41, 5.74) is 3.41. The third kappa shape index (κ3) is 4.09. The standard InChI is InChI=1S/C26H29N3O/c1-3-19(4-2)26(30)27-17-16-25-28-23-14-7-8-15-24(23)29(25)18-21-12-9-11-20-10-5-6-13-22(20)21/h5-15,19H,3-4,16-18H2,1-2H3,(H,27,30). The average molecular weight is 400 g/mol. The molecule has 4 heteroatoms. The first kappa shape index (κ1) is 20.1. The second kappa shape index (κ2) is 9.12. The summed E-state index contributed by atoms with van der Waals surface area (Å²) in [7, 11) is 0. The summed E-state index contributed by atoms with van der Waals surface area (Å²) < 4.78 is 2.29. The molecular formula is C26H29N3O. The number of imidazole rings is 1. The SMILES string of the molecule is CCC(CC)C(=O)NCCc1nc2ccccc2n1Cc1cccc2ccccc12. The predicted molar refractivity (Wildman–Crippen MR) is 124 cm³/mol. The fourth-order valence-corrected chi connectivity index (χ4v) is 4.19. The van der Waals surface area contributed by atoms with Crippen molar-refractivity contribution in [3.63, 3.8) is 0 Å². The molecule has 0 bridgehead atoms. The number of benzene rings is 3. The van der Waals surface area contributed by atoms with Crippen LogP contribution in [0.5, 0.6) is 0 Å². The van der Waals surface area contributed by atoms with Crippen molar-refractivity contribution in [2.24, 2.45) is 5.92 Å². The Hall–Kier alpha value is -3.14. The fraction of sp³-hybridized carbons (Fsp3) is 0.308. The van der Waals surface area contributed by atoms with Gasteiger partial charge in [0.25, 0.3) is 0 Å². The second-order valence-electron chi connectivity index (χ2n) is 7.80. The molecular weight excluding hydrogens is 370 g/mol. The van der Waals surface area contributed by atoms with Crippen molar-refractivity contribution in [3.8, 4) is 0 Å². The molecule has 0 aliphatic heterocycles. The Balaban J connectivity index is 1.61. The number of hydrogen-bond acceptors (Lipinski definition) is 2. The molecule has 0 spiro atoms. The van der Waals surface area contributed by atoms with Crippen LogP contribution < -0.4 is 5.32 Å². The molecule has 0 saturated carbocycles. The van der Waals surface area contributed by atoms with E-state index in [1.165, 1.54) is 16.3 Å². The van der Waals surface area contributed by atoms with Crippen LogP contribution in [0.15, 0.2) is 66.7 Å². The predicted octanol–water partition coefficient (Wildman–Crippen LogP) is 5.33. The van der Waals surface area contributed by atoms with Crippen LogP contribution in [0.2, 0.25) is 0 Å². The number of rotatable bonds is 8. The van der Waals surface area contributed by atoms with Crippen LogP contribution in [0.3, 0.4) is 0 Å². The fourth-order valence-electron chi connectivity index (χ4n) is 4.19. The number of aromatic nitrogens is 2. The van der Waals surface area contributed by atoms with Crippen molar-refractivity contribution in [1.29, 1.82) is 0 Å². The highest BCUT2D eigenvalue weighted by atomic mass is 16.1. The van der Waals surface area contributed by atoms with Crippen LogP contribution in [0.25, 0.3) is 21.8 Å². The smallest absolute Gasteiger partial charge is 0.223 e. The number of nitrogens with zero attached hydrogens (tertiary/aromatic N) is 2. The Bertz CT molecular complexity index is 1150. The minimum atomic E-state index is 0.0968. The Morgan fingerprint density at radius 3 is 2.53 bits per heavy atom. The van der Waals surface area contributed by atoms with E-state index in [9.17, 15) is 4.79 Å². The van der Waals surface area contributed by atoms with Gasteiger partial charge in [0.1, 0.15) is 5.82 Å². The van der Waals surface area contributed by atoms with Crippen LogP contribution >= 0.6 is 0 Å². The third-order valence-corrected chi connectivity index (χ3v) is 5.95. The zero-order valence-electron chi connectivity index (χ0n) is 17.8. The van der Waals surface area contributed by atoms with Gasteiger partial charge in [-0.3, -0.25) is 4.79 Å². The Morgan fingerprint density at radius 2 is 1.70 bits per heavy atom. The van der Waals surface area contributed by atoms with Gasteiger partial charge >= 0.3 is 0 Å². The van der Waals surface area contributed by atoms with E-state index >= 15 is 0 Å². The number of amides is 1. The van der Waals surface area contributed by atoms with E-state index in [4.69, 9.17) is 4.98 Å². The summed E-state index contributed by atoms with van der Waals surface area (Å²) in [6.45, 7) is 5.50. The Labute approximate surface area is 177 Å². The van der Waals surface area contributed by atoms with E-state index in [1.54, 1.807) is 0 Å². The summed E-state index contributed by atoms with van der Waals surface area (Å²) in [6.07, 6.45) is 2.47. The lowest BCUT2D eigenvalue weighted by molar-refractivity contribution is -0.125. The average Bonchev–Trinajstić information content (AvgIpc) is 3.12. The van der Waals surface area contributed by atoms with Crippen molar-refractivity contribution < 1.29 is 4.79 Å². The van der Waals surface area contributed by atoms with Crippen molar-refractivity contribution in [2.45, 2.75) is 39.7 Å². The van der Waals surface area contributed by atoms with Gasteiger partial charge in [0.2, 0.25) is 5.91 Å². The van der Waals surface area contributed by atoms with Crippen LogP contribution in [0.1, 0.15) is 38.1 Å². The van der Waals surface area contributed by atoms with Crippen LogP contribution in [0.4, 0.5) is 0 Å². The minimum absolute atomic E-state index is 0.0968. The molecule has 1 heterocycles. The van der Waals surface area contributed by atoms with E-state index in [0.717, 1.165) is 36.2 Å². The lowest BCUT2D eigenvalue weighted by Crippen LogP contribution is -2.32. The molecule has 1 aromatic heterocycles. The highest BCUT2D eigenvalue weighted by Crippen LogP contribution is 2.23. The lowest BCUT2D eigenvalue weighted by atomic mass is 10.0. The summed E-state index contributed by atoms with van der Waals surface area (Å²) in [6, 6.07) is 23.2. The molecule has 0 aliphatic carbocycles. The molecule has 154 valence electrons. The molecule has 0 aliphatic rings. The van der Waals surface area contributed by atoms with Crippen LogP contribution in [-0.2, 0) is 17.8 Å². The van der Waals surface area contributed by atoms with Gasteiger partial charge in [0.15, 0.2) is 0 Å². The molecule has 4 aromatic rings. The third-order valence-electron chi connectivity index (χ3n) is 5.95. The number of carbonyl (C=O) groups excluding carboxylic acids is 1. The number of carbonyl (C=O) groups is 1. The first-order valence-corrected chi connectivity index (χ1v) is 10.9. The molecule has 4 nitrogen and oxygen atoms in total. The monoisotopic (exact) mass is 399 g/mol. The molecule has 4 rings (SSSR count). The molecule has 0 unspecified atom stereocenters. The van der Waals surface area contributed by atoms with E-state index in [0.29, 0.717) is 13.0 Å². The molecule has 3 aromatic carbocycles. The van der Waals surface area contributed by atoms with Gasteiger partial charge in [-0.2, -0.15) is 0 Å². The summed E-state index contributed by atoms with van der Waals surface area (Å²) in [4.78, 5) is 17.2. The first-order chi connectivity index (χ1) is 14.7. The number of fused-ring (bicyclic) bond motifs is 2. The molecule has 0 fully saturated rings. The van der Waals surface area contributed by atoms with Gasteiger partial charge in [-0.25, -0.2) is 4.98 Å². The molecule has 0 radical (unpaired) electrons. The Kier molecular flexibility index (Phi) is 6.12. The summed E-state index contributed by atoms with van der Waals surface area (Å²) >= 11 is 0. The van der Waals surface area contributed by atoms with Gasteiger partial charge in [-0.1, -0.05) is 68.4 Å².